The van der Waals surface area contributed by atoms with Gasteiger partial charge in [0.05, 0.1) is 12.1 Å². The van der Waals surface area contributed by atoms with E-state index in [4.69, 9.17) is 0 Å². The predicted octanol–water partition coefficient (Wildman–Crippen LogP) is 5.19. The van der Waals surface area contributed by atoms with Crippen LogP contribution in [0.1, 0.15) is 67.3 Å². The normalized spacial score (nSPS) is 30.2. The van der Waals surface area contributed by atoms with Crippen LogP contribution in [0.5, 0.6) is 0 Å². The lowest BCUT2D eigenvalue weighted by atomic mass is 9.75. The quantitative estimate of drug-likeness (QED) is 0.587. The highest BCUT2D eigenvalue weighted by Gasteiger charge is 2.44. The molecule has 2 amide bonds. The van der Waals surface area contributed by atoms with Crippen LogP contribution in [0.15, 0.2) is 48.6 Å². The molecule has 1 aromatic rings. The third-order valence-corrected chi connectivity index (χ3v) is 8.85. The van der Waals surface area contributed by atoms with Crippen molar-refractivity contribution in [1.29, 1.82) is 0 Å². The highest BCUT2D eigenvalue weighted by atomic mass is 19.4. The van der Waals surface area contributed by atoms with Crippen LogP contribution in [0.4, 0.5) is 13.2 Å². The Morgan fingerprint density at radius 1 is 0.973 bits per heavy atom. The number of hydrogen-bond acceptors (Lipinski definition) is 3. The summed E-state index contributed by atoms with van der Waals surface area (Å²) in [6.07, 6.45) is 13.5. The van der Waals surface area contributed by atoms with Crippen molar-refractivity contribution in [2.75, 3.05) is 19.6 Å². The highest BCUT2D eigenvalue weighted by Crippen LogP contribution is 2.40. The first kappa shape index (κ1) is 26.0. The van der Waals surface area contributed by atoms with Gasteiger partial charge in [0, 0.05) is 30.2 Å². The Bertz CT molecular complexity index is 1050. The largest absolute Gasteiger partial charge is 0.416 e. The zero-order valence-electron chi connectivity index (χ0n) is 21.1. The highest BCUT2D eigenvalue weighted by molar-refractivity contribution is 5.96. The lowest BCUT2D eigenvalue weighted by molar-refractivity contribution is -0.137. The maximum Gasteiger partial charge on any atom is 0.416 e. The second-order valence-electron chi connectivity index (χ2n) is 10.9. The molecule has 1 saturated carbocycles. The number of rotatable bonds is 5. The molecule has 5 nitrogen and oxygen atoms in total. The Balaban J connectivity index is 1.14. The monoisotopic (exact) mass is 515 g/mol. The van der Waals surface area contributed by atoms with E-state index in [9.17, 15) is 22.8 Å². The van der Waals surface area contributed by atoms with Gasteiger partial charge in [0.2, 0.25) is 5.91 Å². The van der Waals surface area contributed by atoms with Crippen LogP contribution in [0, 0.1) is 11.8 Å². The molecular weight excluding hydrogens is 479 g/mol. The molecule has 2 saturated heterocycles. The molecule has 0 bridgehead atoms. The van der Waals surface area contributed by atoms with Gasteiger partial charge in [-0.2, -0.15) is 13.2 Å². The lowest BCUT2D eigenvalue weighted by Crippen LogP contribution is -2.55. The van der Waals surface area contributed by atoms with Crippen LogP contribution < -0.4 is 5.32 Å². The van der Waals surface area contributed by atoms with Crippen LogP contribution in [0.3, 0.4) is 0 Å². The van der Waals surface area contributed by atoms with Crippen LogP contribution in [0.25, 0.3) is 0 Å². The SMILES string of the molecule is O=C(NCC(=O)N1CCC2C1CCCN2C1CCC(C2C=CC=CC2)CC1)c1cccc(C(F)(F)F)c1. The molecule has 0 spiro atoms. The van der Waals surface area contributed by atoms with Gasteiger partial charge >= 0.3 is 6.18 Å². The van der Waals surface area contributed by atoms with E-state index in [0.717, 1.165) is 50.3 Å². The molecule has 3 atom stereocenters. The van der Waals surface area contributed by atoms with E-state index in [1.165, 1.54) is 37.8 Å². The number of halogens is 3. The number of fused-ring (bicyclic) bond motifs is 1. The van der Waals surface area contributed by atoms with Crippen molar-refractivity contribution in [3.8, 4) is 0 Å². The Labute approximate surface area is 216 Å². The summed E-state index contributed by atoms with van der Waals surface area (Å²) in [5.74, 6) is 0.613. The third kappa shape index (κ3) is 5.79. The first-order valence-electron chi connectivity index (χ1n) is 13.7. The molecule has 8 heteroatoms. The molecule has 2 heterocycles. The van der Waals surface area contributed by atoms with Gasteiger partial charge in [-0.05, 0) is 87.9 Å². The zero-order valence-corrected chi connectivity index (χ0v) is 21.1. The molecule has 4 aliphatic rings. The van der Waals surface area contributed by atoms with Crippen molar-refractivity contribution in [1.82, 2.24) is 15.1 Å². The maximum absolute atomic E-state index is 13.1. The number of likely N-dealkylation sites (tertiary alicyclic amines) is 2. The van der Waals surface area contributed by atoms with Gasteiger partial charge in [0.1, 0.15) is 0 Å². The summed E-state index contributed by atoms with van der Waals surface area (Å²) in [5.41, 5.74) is -0.974. The molecule has 2 aliphatic heterocycles. The van der Waals surface area contributed by atoms with E-state index >= 15 is 0 Å². The van der Waals surface area contributed by atoms with E-state index in [1.807, 2.05) is 4.90 Å². The molecule has 3 unspecified atom stereocenters. The molecule has 0 aromatic heterocycles. The van der Waals surface area contributed by atoms with Crippen molar-refractivity contribution >= 4 is 11.8 Å². The summed E-state index contributed by atoms with van der Waals surface area (Å²) >= 11 is 0. The molecule has 37 heavy (non-hydrogen) atoms. The summed E-state index contributed by atoms with van der Waals surface area (Å²) in [6.45, 7) is 1.54. The number of allylic oxidation sites excluding steroid dienone is 4. The van der Waals surface area contributed by atoms with E-state index in [1.54, 1.807) is 0 Å². The smallest absolute Gasteiger partial charge is 0.343 e. The van der Waals surface area contributed by atoms with Crippen LogP contribution in [0.2, 0.25) is 0 Å². The average Bonchev–Trinajstić information content (AvgIpc) is 3.36. The van der Waals surface area contributed by atoms with Gasteiger partial charge in [-0.3, -0.25) is 14.5 Å². The van der Waals surface area contributed by atoms with E-state index in [0.29, 0.717) is 24.5 Å². The number of nitrogens with zero attached hydrogens (tertiary/aromatic N) is 2. The van der Waals surface area contributed by atoms with Crippen molar-refractivity contribution in [3.05, 3.63) is 59.7 Å². The standard InChI is InChI=1S/C29H36F3N3O2/c30-29(31,32)23-9-4-8-22(18-23)28(37)33-19-27(36)35-17-15-26-25(35)10-5-16-34(26)24-13-11-21(12-14-24)20-6-2-1-3-7-20/h1-4,6,8-9,18,20-21,24-26H,5,7,10-17,19H2,(H,33,37). The first-order valence-corrected chi connectivity index (χ1v) is 13.7. The average molecular weight is 516 g/mol. The summed E-state index contributed by atoms with van der Waals surface area (Å²) in [4.78, 5) is 30.1. The van der Waals surface area contributed by atoms with Gasteiger partial charge in [-0.1, -0.05) is 30.4 Å². The fourth-order valence-electron chi connectivity index (χ4n) is 6.99. The lowest BCUT2D eigenvalue weighted by Gasteiger charge is -2.46. The fourth-order valence-corrected chi connectivity index (χ4v) is 6.99. The second-order valence-corrected chi connectivity index (χ2v) is 10.9. The zero-order chi connectivity index (χ0) is 26.0. The molecule has 0 radical (unpaired) electrons. The minimum Gasteiger partial charge on any atom is -0.343 e. The molecule has 2 aliphatic carbocycles. The Hall–Kier alpha value is -2.61. The molecular formula is C29H36F3N3O2. The third-order valence-electron chi connectivity index (χ3n) is 8.85. The Kier molecular flexibility index (Phi) is 7.75. The van der Waals surface area contributed by atoms with Gasteiger partial charge in [-0.25, -0.2) is 0 Å². The van der Waals surface area contributed by atoms with Gasteiger partial charge in [0.15, 0.2) is 0 Å². The minimum atomic E-state index is -4.52. The number of alkyl halides is 3. The molecule has 1 N–H and O–H groups in total. The number of carbonyl (C=O) groups excluding carboxylic acids is 2. The fraction of sp³-hybridized carbons (Fsp3) is 0.586. The van der Waals surface area contributed by atoms with Crippen LogP contribution in [-0.2, 0) is 11.0 Å². The van der Waals surface area contributed by atoms with Crippen molar-refractivity contribution in [2.24, 2.45) is 11.8 Å². The molecule has 5 rings (SSSR count). The second kappa shape index (κ2) is 11.0. The number of amides is 2. The van der Waals surface area contributed by atoms with E-state index in [-0.39, 0.29) is 24.1 Å². The summed E-state index contributed by atoms with van der Waals surface area (Å²) in [5, 5.41) is 2.54. The van der Waals surface area contributed by atoms with Crippen molar-refractivity contribution < 1.29 is 22.8 Å². The first-order chi connectivity index (χ1) is 17.8. The molecule has 3 fully saturated rings. The van der Waals surface area contributed by atoms with Crippen LogP contribution in [-0.4, -0.2) is 59.4 Å². The number of benzene rings is 1. The van der Waals surface area contributed by atoms with Gasteiger partial charge in [-0.15, -0.1) is 0 Å². The van der Waals surface area contributed by atoms with Crippen LogP contribution >= 0.6 is 0 Å². The predicted molar refractivity (Wildman–Crippen MR) is 136 cm³/mol. The van der Waals surface area contributed by atoms with Crippen molar-refractivity contribution in [2.45, 2.75) is 75.7 Å². The topological polar surface area (TPSA) is 52.7 Å². The van der Waals surface area contributed by atoms with E-state index in [2.05, 4.69) is 34.5 Å². The maximum atomic E-state index is 13.1. The minimum absolute atomic E-state index is 0.0962. The van der Waals surface area contributed by atoms with Gasteiger partial charge in [0.25, 0.3) is 5.91 Å². The summed E-state index contributed by atoms with van der Waals surface area (Å²) in [7, 11) is 0. The summed E-state index contributed by atoms with van der Waals surface area (Å²) < 4.78 is 38.9. The summed E-state index contributed by atoms with van der Waals surface area (Å²) in [6, 6.07) is 5.36. The Morgan fingerprint density at radius 2 is 1.78 bits per heavy atom. The molecule has 1 aromatic carbocycles. The number of hydrogen-bond donors (Lipinski definition) is 1. The number of piperidine rings is 1. The van der Waals surface area contributed by atoms with Crippen molar-refractivity contribution in [3.63, 3.8) is 0 Å². The number of carbonyl (C=O) groups is 2. The number of nitrogens with one attached hydrogen (secondary N) is 1. The Morgan fingerprint density at radius 3 is 2.51 bits per heavy atom. The van der Waals surface area contributed by atoms with E-state index < -0.39 is 17.6 Å². The van der Waals surface area contributed by atoms with Gasteiger partial charge < -0.3 is 10.2 Å². The molecule has 200 valence electrons.